The molecule has 0 N–H and O–H groups in total. The maximum Gasteiger partial charge on any atom is 0.0238 e. The molecule has 0 aliphatic rings. The smallest absolute Gasteiger partial charge is 0.0238 e. The molecule has 0 aliphatic heterocycles. The topological polar surface area (TPSA) is 0 Å². The van der Waals surface area contributed by atoms with Crippen molar-refractivity contribution in [3.05, 3.63) is 77.9 Å². The van der Waals surface area contributed by atoms with E-state index in [9.17, 15) is 0 Å². The van der Waals surface area contributed by atoms with E-state index in [-0.39, 0.29) is 5.41 Å². The number of fused-ring (bicyclic) bond motifs is 1. The first kappa shape index (κ1) is 15.2. The highest BCUT2D eigenvalue weighted by molar-refractivity contribution is 7.98. The van der Waals surface area contributed by atoms with Crippen LogP contribution >= 0.6 is 11.8 Å². The summed E-state index contributed by atoms with van der Waals surface area (Å²) in [5.41, 5.74) is 3.02. The molecule has 3 rings (SSSR count). The Balaban J connectivity index is 1.77. The van der Waals surface area contributed by atoms with E-state index in [1.54, 1.807) is 0 Å². The van der Waals surface area contributed by atoms with Crippen LogP contribution in [-0.4, -0.2) is 0 Å². The van der Waals surface area contributed by atoms with Crippen molar-refractivity contribution in [2.45, 2.75) is 36.8 Å². The highest BCUT2D eigenvalue weighted by atomic mass is 32.2. The highest BCUT2D eigenvalue weighted by Crippen LogP contribution is 2.29. The molecule has 0 bridgehead atoms. The van der Waals surface area contributed by atoms with Crippen LogP contribution in [0.4, 0.5) is 0 Å². The third-order valence-corrected chi connectivity index (χ3v) is 5.06. The molecule has 0 unspecified atom stereocenters. The molecule has 0 saturated heterocycles. The van der Waals surface area contributed by atoms with Crippen LogP contribution < -0.4 is 0 Å². The highest BCUT2D eigenvalue weighted by Gasteiger charge is 2.12. The summed E-state index contributed by atoms with van der Waals surface area (Å²) in [6.07, 6.45) is 0. The van der Waals surface area contributed by atoms with Crippen molar-refractivity contribution in [1.29, 1.82) is 0 Å². The lowest BCUT2D eigenvalue weighted by Gasteiger charge is -2.19. The summed E-state index contributed by atoms with van der Waals surface area (Å²) in [4.78, 5) is 1.33. The van der Waals surface area contributed by atoms with Gasteiger partial charge in [-0.2, -0.15) is 0 Å². The van der Waals surface area contributed by atoms with Gasteiger partial charge < -0.3 is 0 Å². The Labute approximate surface area is 137 Å². The lowest BCUT2D eigenvalue weighted by Crippen LogP contribution is -2.10. The van der Waals surface area contributed by atoms with Crippen LogP contribution in [-0.2, 0) is 11.2 Å². The van der Waals surface area contributed by atoms with Crippen molar-refractivity contribution in [1.82, 2.24) is 0 Å². The maximum atomic E-state index is 2.26. The van der Waals surface area contributed by atoms with Crippen molar-refractivity contribution in [2.24, 2.45) is 0 Å². The van der Waals surface area contributed by atoms with Crippen molar-refractivity contribution in [2.75, 3.05) is 0 Å². The first-order chi connectivity index (χ1) is 10.5. The number of thioether (sulfide) groups is 1. The summed E-state index contributed by atoms with van der Waals surface area (Å²) >= 11 is 1.91. The standard InChI is InChI=1S/C21H22S/c1-21(2,3)18-11-13-19(14-12-18)22-15-17-9-6-8-16-7-4-5-10-20(16)17/h4-14H,15H2,1-3H3. The van der Waals surface area contributed by atoms with Crippen molar-refractivity contribution < 1.29 is 0 Å². The van der Waals surface area contributed by atoms with Crippen LogP contribution in [0.5, 0.6) is 0 Å². The number of hydrogen-bond acceptors (Lipinski definition) is 1. The van der Waals surface area contributed by atoms with Gasteiger partial charge in [0.2, 0.25) is 0 Å². The summed E-state index contributed by atoms with van der Waals surface area (Å²) in [7, 11) is 0. The zero-order valence-electron chi connectivity index (χ0n) is 13.5. The summed E-state index contributed by atoms with van der Waals surface area (Å²) < 4.78 is 0. The summed E-state index contributed by atoms with van der Waals surface area (Å²) in [5, 5.41) is 2.69. The summed E-state index contributed by atoms with van der Waals surface area (Å²) in [6.45, 7) is 6.77. The molecule has 0 saturated carbocycles. The first-order valence-corrected chi connectivity index (χ1v) is 8.72. The fourth-order valence-corrected chi connectivity index (χ4v) is 3.53. The molecule has 0 atom stereocenters. The van der Waals surface area contributed by atoms with Gasteiger partial charge in [-0.1, -0.05) is 75.4 Å². The Kier molecular flexibility index (Phi) is 4.26. The van der Waals surface area contributed by atoms with E-state index in [1.807, 2.05) is 11.8 Å². The van der Waals surface area contributed by atoms with Gasteiger partial charge in [0.05, 0.1) is 0 Å². The average Bonchev–Trinajstić information content (AvgIpc) is 2.52. The Morgan fingerprint density at radius 3 is 2.18 bits per heavy atom. The fourth-order valence-electron chi connectivity index (χ4n) is 2.63. The molecule has 3 aromatic rings. The van der Waals surface area contributed by atoms with Crippen LogP contribution in [0.3, 0.4) is 0 Å². The van der Waals surface area contributed by atoms with E-state index in [0.29, 0.717) is 0 Å². The molecule has 112 valence electrons. The number of benzene rings is 3. The minimum absolute atomic E-state index is 0.221. The van der Waals surface area contributed by atoms with Gasteiger partial charge in [-0.05, 0) is 39.4 Å². The Morgan fingerprint density at radius 1 is 0.773 bits per heavy atom. The zero-order valence-corrected chi connectivity index (χ0v) is 14.3. The molecule has 0 heterocycles. The van der Waals surface area contributed by atoms with E-state index in [2.05, 4.69) is 87.5 Å². The monoisotopic (exact) mass is 306 g/mol. The average molecular weight is 306 g/mol. The lowest BCUT2D eigenvalue weighted by atomic mass is 9.87. The van der Waals surface area contributed by atoms with Gasteiger partial charge in [-0.25, -0.2) is 0 Å². The van der Waals surface area contributed by atoms with E-state index in [1.165, 1.54) is 26.8 Å². The van der Waals surface area contributed by atoms with Gasteiger partial charge >= 0.3 is 0 Å². The lowest BCUT2D eigenvalue weighted by molar-refractivity contribution is 0.590. The van der Waals surface area contributed by atoms with Gasteiger partial charge in [0, 0.05) is 10.6 Å². The molecule has 1 heteroatoms. The summed E-state index contributed by atoms with van der Waals surface area (Å²) in [5.74, 6) is 1.01. The molecule has 0 fully saturated rings. The van der Waals surface area contributed by atoms with Gasteiger partial charge in [0.1, 0.15) is 0 Å². The third kappa shape index (κ3) is 3.36. The van der Waals surface area contributed by atoms with Crippen molar-refractivity contribution in [3.8, 4) is 0 Å². The van der Waals surface area contributed by atoms with Crippen LogP contribution in [0.2, 0.25) is 0 Å². The van der Waals surface area contributed by atoms with E-state index >= 15 is 0 Å². The van der Waals surface area contributed by atoms with E-state index in [0.717, 1.165) is 5.75 Å². The second kappa shape index (κ2) is 6.18. The van der Waals surface area contributed by atoms with E-state index < -0.39 is 0 Å². The second-order valence-corrected chi connectivity index (χ2v) is 7.75. The van der Waals surface area contributed by atoms with Crippen LogP contribution in [0, 0.1) is 0 Å². The predicted octanol–water partition coefficient (Wildman–Crippen LogP) is 6.43. The molecule has 3 aromatic carbocycles. The van der Waals surface area contributed by atoms with Gasteiger partial charge in [0.25, 0.3) is 0 Å². The fraction of sp³-hybridized carbons (Fsp3) is 0.238. The normalized spacial score (nSPS) is 11.8. The molecule has 0 spiro atoms. The van der Waals surface area contributed by atoms with Crippen LogP contribution in [0.25, 0.3) is 10.8 Å². The summed E-state index contributed by atoms with van der Waals surface area (Å²) in [6, 6.07) is 24.2. The van der Waals surface area contributed by atoms with Crippen LogP contribution in [0.1, 0.15) is 31.9 Å². The number of rotatable bonds is 3. The van der Waals surface area contributed by atoms with E-state index in [4.69, 9.17) is 0 Å². The molecular weight excluding hydrogens is 284 g/mol. The molecular formula is C21H22S. The van der Waals surface area contributed by atoms with Gasteiger partial charge in [-0.15, -0.1) is 11.8 Å². The zero-order chi connectivity index (χ0) is 15.6. The Bertz CT molecular complexity index is 759. The van der Waals surface area contributed by atoms with Crippen LogP contribution in [0.15, 0.2) is 71.6 Å². The Morgan fingerprint density at radius 2 is 1.45 bits per heavy atom. The first-order valence-electron chi connectivity index (χ1n) is 7.74. The minimum atomic E-state index is 0.221. The maximum absolute atomic E-state index is 2.26. The minimum Gasteiger partial charge on any atom is -0.121 e. The number of hydrogen-bond donors (Lipinski definition) is 0. The molecule has 0 radical (unpaired) electrons. The predicted molar refractivity (Wildman–Crippen MR) is 98.7 cm³/mol. The van der Waals surface area contributed by atoms with Gasteiger partial charge in [0.15, 0.2) is 0 Å². The molecule has 0 aromatic heterocycles. The van der Waals surface area contributed by atoms with Crippen molar-refractivity contribution >= 4 is 22.5 Å². The molecule has 0 aliphatic carbocycles. The molecule has 0 nitrogen and oxygen atoms in total. The quantitative estimate of drug-likeness (QED) is 0.502. The second-order valence-electron chi connectivity index (χ2n) is 6.70. The molecule has 22 heavy (non-hydrogen) atoms. The van der Waals surface area contributed by atoms with Gasteiger partial charge in [-0.3, -0.25) is 0 Å². The third-order valence-electron chi connectivity index (χ3n) is 3.99. The Hall–Kier alpha value is -1.73. The largest absolute Gasteiger partial charge is 0.121 e. The SMILES string of the molecule is CC(C)(C)c1ccc(SCc2cccc3ccccc23)cc1. The van der Waals surface area contributed by atoms with Crippen molar-refractivity contribution in [3.63, 3.8) is 0 Å². The molecule has 0 amide bonds.